The van der Waals surface area contributed by atoms with Gasteiger partial charge in [0.2, 0.25) is 21.7 Å². The van der Waals surface area contributed by atoms with Crippen molar-refractivity contribution in [2.24, 2.45) is 0 Å². The molecule has 0 spiro atoms. The van der Waals surface area contributed by atoms with Gasteiger partial charge in [-0.1, -0.05) is 53.1 Å². The summed E-state index contributed by atoms with van der Waals surface area (Å²) in [6.45, 7) is 5.37. The van der Waals surface area contributed by atoms with Crippen LogP contribution in [0.15, 0.2) is 92.6 Å². The summed E-state index contributed by atoms with van der Waals surface area (Å²) in [5, 5.41) is -0.763. The van der Waals surface area contributed by atoms with Gasteiger partial charge < -0.3 is 0 Å². The van der Waals surface area contributed by atoms with Crippen LogP contribution >= 0.6 is 0 Å². The molecular formula is C24H27N9O6S3. The van der Waals surface area contributed by atoms with Crippen molar-refractivity contribution < 1.29 is 25.3 Å². The summed E-state index contributed by atoms with van der Waals surface area (Å²) in [6, 6.07) is 17.8. The maximum absolute atomic E-state index is 13.3. The number of aryl methyl sites for hydroxylation is 3. The van der Waals surface area contributed by atoms with E-state index in [1.807, 2.05) is 0 Å². The molecule has 1 aromatic heterocycles. The summed E-state index contributed by atoms with van der Waals surface area (Å²) < 4.78 is 77.4. The second kappa shape index (κ2) is 13.1. The predicted molar refractivity (Wildman–Crippen MR) is 152 cm³/mol. The Morgan fingerprint density at radius 2 is 0.810 bits per heavy atom. The van der Waals surface area contributed by atoms with Crippen molar-refractivity contribution >= 4 is 41.8 Å². The van der Waals surface area contributed by atoms with Gasteiger partial charge in [-0.3, -0.25) is 10.9 Å². The van der Waals surface area contributed by atoms with E-state index in [0.29, 0.717) is 0 Å². The van der Waals surface area contributed by atoms with Crippen LogP contribution in [0.5, 0.6) is 0 Å². The molecule has 18 heteroatoms. The average Bonchev–Trinajstić information content (AvgIpc) is 2.97. The maximum atomic E-state index is 13.3. The van der Waals surface area contributed by atoms with Crippen LogP contribution in [0, 0.1) is 31.8 Å². The van der Waals surface area contributed by atoms with Gasteiger partial charge in [-0.2, -0.15) is 15.0 Å². The highest BCUT2D eigenvalue weighted by Crippen LogP contribution is 2.20. The molecule has 222 valence electrons. The number of benzene rings is 3. The summed E-state index contributed by atoms with van der Waals surface area (Å²) in [5.74, 6) is -1.04. The highest BCUT2D eigenvalue weighted by Gasteiger charge is 2.25. The van der Waals surface area contributed by atoms with Gasteiger partial charge in [0.25, 0.3) is 25.2 Å². The number of hydrazine groups is 2. The molecule has 0 fully saturated rings. The van der Waals surface area contributed by atoms with Gasteiger partial charge in [-0.05, 0) is 57.2 Å². The lowest BCUT2D eigenvalue weighted by Crippen LogP contribution is -2.33. The summed E-state index contributed by atoms with van der Waals surface area (Å²) in [5.41, 5.74) is 17.0. The van der Waals surface area contributed by atoms with E-state index in [-0.39, 0.29) is 14.7 Å². The molecule has 0 amide bonds. The normalized spacial score (nSPS) is 11.7. The first-order valence-corrected chi connectivity index (χ1v) is 16.2. The summed E-state index contributed by atoms with van der Waals surface area (Å²) in [6.07, 6.45) is 0. The zero-order valence-electron chi connectivity index (χ0n) is 22.4. The van der Waals surface area contributed by atoms with Crippen LogP contribution < -0.4 is 20.5 Å². The Labute approximate surface area is 243 Å². The Bertz CT molecular complexity index is 1770. The Kier molecular flexibility index (Phi) is 10.0. The van der Waals surface area contributed by atoms with Gasteiger partial charge >= 0.3 is 0 Å². The molecule has 15 nitrogen and oxygen atoms in total. The minimum absolute atomic E-state index is 0.0728. The van der Waals surface area contributed by atoms with E-state index in [4.69, 9.17) is 11.1 Å². The molecule has 0 aliphatic rings. The van der Waals surface area contributed by atoms with Crippen LogP contribution in [0.4, 0.5) is 11.9 Å². The number of hydrogen-bond acceptors (Lipinski definition) is 13. The third-order valence-electron chi connectivity index (χ3n) is 5.44. The van der Waals surface area contributed by atoms with Crippen molar-refractivity contribution in [3.05, 3.63) is 89.5 Å². The van der Waals surface area contributed by atoms with E-state index in [1.165, 1.54) is 36.4 Å². The van der Waals surface area contributed by atoms with Gasteiger partial charge in [-0.15, -0.1) is 9.66 Å². The zero-order valence-corrected chi connectivity index (χ0v) is 24.9. The lowest BCUT2D eigenvalue weighted by atomic mass is 10.2. The SMILES string of the molecule is Cc1ccc(S(=O)(=O)NNc2nc(NNS(=O)(=O)c3ccc(C)cc3)nc(S(=O)(=O)c3ccc(C)cc3)n2)cc1.N=N. The molecule has 0 aliphatic heterocycles. The summed E-state index contributed by atoms with van der Waals surface area (Å²) in [7, 11) is -12.5. The minimum atomic E-state index is -4.32. The van der Waals surface area contributed by atoms with E-state index >= 15 is 0 Å². The fraction of sp³-hybridized carbons (Fsp3) is 0.125. The largest absolute Gasteiger partial charge is 0.276 e. The molecule has 0 saturated heterocycles. The van der Waals surface area contributed by atoms with Crippen molar-refractivity contribution in [1.29, 1.82) is 11.1 Å². The van der Waals surface area contributed by atoms with Crippen LogP contribution in [-0.4, -0.2) is 40.2 Å². The van der Waals surface area contributed by atoms with Gasteiger partial charge in [0.15, 0.2) is 0 Å². The minimum Gasteiger partial charge on any atom is -0.276 e. The van der Waals surface area contributed by atoms with Crippen molar-refractivity contribution in [3.63, 3.8) is 0 Å². The van der Waals surface area contributed by atoms with Gasteiger partial charge in [-0.25, -0.2) is 36.3 Å². The smallest absolute Gasteiger partial charge is 0.258 e. The van der Waals surface area contributed by atoms with Gasteiger partial charge in [0.05, 0.1) is 14.7 Å². The molecule has 42 heavy (non-hydrogen) atoms. The highest BCUT2D eigenvalue weighted by molar-refractivity contribution is 7.91. The molecule has 0 saturated carbocycles. The predicted octanol–water partition coefficient (Wildman–Crippen LogP) is 2.84. The van der Waals surface area contributed by atoms with Crippen molar-refractivity contribution in [2.75, 3.05) is 10.9 Å². The number of hydrogen-bond donors (Lipinski definition) is 6. The zero-order chi connectivity index (χ0) is 31.1. The Morgan fingerprint density at radius 3 is 1.14 bits per heavy atom. The number of anilines is 2. The van der Waals surface area contributed by atoms with Crippen LogP contribution in [0.25, 0.3) is 0 Å². The maximum Gasteiger partial charge on any atom is 0.258 e. The summed E-state index contributed by atoms with van der Waals surface area (Å²) >= 11 is 0. The average molecular weight is 634 g/mol. The molecule has 3 aromatic carbocycles. The molecule has 0 radical (unpaired) electrons. The van der Waals surface area contributed by atoms with Crippen molar-refractivity contribution in [1.82, 2.24) is 24.6 Å². The molecule has 4 aromatic rings. The Hall–Kier alpha value is -4.36. The topological polar surface area (TPSA) is 237 Å². The molecule has 0 aliphatic carbocycles. The Balaban J connectivity index is 0.00000237. The quantitative estimate of drug-likeness (QED) is 0.110. The van der Waals surface area contributed by atoms with Crippen LogP contribution in [0.3, 0.4) is 0 Å². The fourth-order valence-electron chi connectivity index (χ4n) is 3.19. The monoisotopic (exact) mass is 633 g/mol. The van der Waals surface area contributed by atoms with Gasteiger partial charge in [0, 0.05) is 0 Å². The second-order valence-corrected chi connectivity index (χ2v) is 13.9. The number of nitrogens with one attached hydrogen (secondary N) is 6. The number of nitrogens with zero attached hydrogens (tertiary/aromatic N) is 3. The number of sulfone groups is 1. The second-order valence-electron chi connectivity index (χ2n) is 8.67. The molecular weight excluding hydrogens is 607 g/mol. The number of sulfonamides is 2. The van der Waals surface area contributed by atoms with E-state index < -0.39 is 46.9 Å². The highest BCUT2D eigenvalue weighted by atomic mass is 32.2. The third kappa shape index (κ3) is 7.89. The van der Waals surface area contributed by atoms with Crippen LogP contribution in [-0.2, 0) is 29.9 Å². The van der Waals surface area contributed by atoms with E-state index in [9.17, 15) is 25.3 Å². The first kappa shape index (κ1) is 32.2. The van der Waals surface area contributed by atoms with E-state index in [2.05, 4.69) is 35.5 Å². The third-order valence-corrected chi connectivity index (χ3v) is 9.53. The lowest BCUT2D eigenvalue weighted by molar-refractivity contribution is 0.585. The summed E-state index contributed by atoms with van der Waals surface area (Å²) in [4.78, 5) is 15.5. The Morgan fingerprint density at radius 1 is 0.500 bits per heavy atom. The number of rotatable bonds is 10. The molecule has 0 bridgehead atoms. The first-order valence-electron chi connectivity index (χ1n) is 11.8. The molecule has 6 N–H and O–H groups in total. The van der Waals surface area contributed by atoms with Gasteiger partial charge in [0.1, 0.15) is 0 Å². The van der Waals surface area contributed by atoms with Crippen LogP contribution in [0.2, 0.25) is 0 Å². The molecule has 4 rings (SSSR count). The van der Waals surface area contributed by atoms with Crippen molar-refractivity contribution in [3.8, 4) is 0 Å². The van der Waals surface area contributed by atoms with Crippen LogP contribution in [0.1, 0.15) is 16.7 Å². The molecule has 1 heterocycles. The fourth-order valence-corrected chi connectivity index (χ4v) is 5.98. The molecule has 0 unspecified atom stereocenters. The van der Waals surface area contributed by atoms with Crippen molar-refractivity contribution in [2.45, 2.75) is 40.6 Å². The van der Waals surface area contributed by atoms with E-state index in [1.54, 1.807) is 57.2 Å². The standard InChI is InChI=1S/C24H25N7O6S3.H2N2/c1-16-4-10-19(11-5-16)38(32,33)24-26-22(28-30-39(34,35)20-12-6-17(2)7-13-20)25-23(27-24)29-31-40(36,37)21-14-8-18(3)9-15-21;1-2/h4-15,30-31H,1-3H3,(H2,25,26,27,28,29);1-2H. The lowest BCUT2D eigenvalue weighted by Gasteiger charge is -2.13. The molecule has 0 atom stereocenters. The number of aromatic nitrogens is 3. The first-order chi connectivity index (χ1) is 19.8. The van der Waals surface area contributed by atoms with E-state index in [0.717, 1.165) is 16.7 Å².